The Morgan fingerprint density at radius 2 is 2.21 bits per heavy atom. The molecular formula is C13H15BrFN3O. The van der Waals surface area contributed by atoms with Gasteiger partial charge in [0.15, 0.2) is 0 Å². The normalized spacial score (nSPS) is 19.2. The van der Waals surface area contributed by atoms with Crippen LogP contribution in [0.5, 0.6) is 0 Å². The first kappa shape index (κ1) is 14.0. The minimum Gasteiger partial charge on any atom is -0.310 e. The second-order valence-corrected chi connectivity index (χ2v) is 5.82. The summed E-state index contributed by atoms with van der Waals surface area (Å²) in [6.07, 6.45) is 0. The van der Waals surface area contributed by atoms with E-state index in [9.17, 15) is 9.18 Å². The molecule has 0 bridgehead atoms. The fourth-order valence-electron chi connectivity index (χ4n) is 2.14. The second-order valence-electron chi connectivity index (χ2n) is 4.97. The molecule has 0 radical (unpaired) electrons. The van der Waals surface area contributed by atoms with Gasteiger partial charge in [-0.15, -0.1) is 0 Å². The SMILES string of the molecule is CC(C)CN1C(=O)NC(=N)C1c1ccc(F)c(Br)c1. The van der Waals surface area contributed by atoms with Crippen LogP contribution in [0.1, 0.15) is 25.5 Å². The van der Waals surface area contributed by atoms with Crippen molar-refractivity contribution >= 4 is 27.8 Å². The predicted octanol–water partition coefficient (Wildman–Crippen LogP) is 3.29. The highest BCUT2D eigenvalue weighted by Gasteiger charge is 2.37. The molecule has 1 aliphatic heterocycles. The number of amidine groups is 1. The van der Waals surface area contributed by atoms with Crippen molar-refractivity contribution < 1.29 is 9.18 Å². The first-order valence-electron chi connectivity index (χ1n) is 6.01. The maximum atomic E-state index is 13.3. The molecule has 19 heavy (non-hydrogen) atoms. The lowest BCUT2D eigenvalue weighted by Crippen LogP contribution is -2.33. The Morgan fingerprint density at radius 1 is 1.53 bits per heavy atom. The molecule has 1 unspecified atom stereocenters. The van der Waals surface area contributed by atoms with Gasteiger partial charge in [0.05, 0.1) is 4.47 Å². The second kappa shape index (κ2) is 5.28. The van der Waals surface area contributed by atoms with Crippen molar-refractivity contribution in [2.24, 2.45) is 5.92 Å². The molecule has 2 N–H and O–H groups in total. The van der Waals surface area contributed by atoms with Gasteiger partial charge in [0.25, 0.3) is 0 Å². The third-order valence-corrected chi connectivity index (χ3v) is 3.52. The van der Waals surface area contributed by atoms with Crippen molar-refractivity contribution in [1.29, 1.82) is 5.41 Å². The van der Waals surface area contributed by atoms with Crippen LogP contribution in [0.4, 0.5) is 9.18 Å². The Bertz CT molecular complexity index is 533. The van der Waals surface area contributed by atoms with E-state index < -0.39 is 6.04 Å². The Kier molecular flexibility index (Phi) is 3.89. The average Bonchev–Trinajstić information content (AvgIpc) is 2.57. The lowest BCUT2D eigenvalue weighted by Gasteiger charge is -2.24. The molecular weight excluding hydrogens is 313 g/mol. The number of urea groups is 1. The number of hydrogen-bond acceptors (Lipinski definition) is 2. The Labute approximate surface area is 119 Å². The van der Waals surface area contributed by atoms with Gasteiger partial charge in [0, 0.05) is 6.54 Å². The van der Waals surface area contributed by atoms with Crippen molar-refractivity contribution in [1.82, 2.24) is 10.2 Å². The molecule has 0 aliphatic carbocycles. The molecule has 1 heterocycles. The van der Waals surface area contributed by atoms with Gasteiger partial charge in [0.1, 0.15) is 17.7 Å². The molecule has 1 atom stereocenters. The number of carbonyl (C=O) groups is 1. The first-order valence-corrected chi connectivity index (χ1v) is 6.80. The zero-order valence-corrected chi connectivity index (χ0v) is 12.3. The summed E-state index contributed by atoms with van der Waals surface area (Å²) in [6, 6.07) is 3.81. The lowest BCUT2D eigenvalue weighted by atomic mass is 10.0. The van der Waals surface area contributed by atoms with Gasteiger partial charge >= 0.3 is 6.03 Å². The number of nitrogens with zero attached hydrogens (tertiary/aromatic N) is 1. The fraction of sp³-hybridized carbons (Fsp3) is 0.385. The van der Waals surface area contributed by atoms with Crippen molar-refractivity contribution in [3.63, 3.8) is 0 Å². The van der Waals surface area contributed by atoms with E-state index in [1.807, 2.05) is 13.8 Å². The number of halogens is 2. The van der Waals surface area contributed by atoms with Gasteiger partial charge in [-0.3, -0.25) is 10.7 Å². The molecule has 1 saturated heterocycles. The molecule has 1 aromatic carbocycles. The highest BCUT2D eigenvalue weighted by molar-refractivity contribution is 9.10. The van der Waals surface area contributed by atoms with Gasteiger partial charge < -0.3 is 4.90 Å². The van der Waals surface area contributed by atoms with Gasteiger partial charge in [-0.1, -0.05) is 19.9 Å². The number of amides is 2. The average molecular weight is 328 g/mol. The molecule has 4 nitrogen and oxygen atoms in total. The third-order valence-electron chi connectivity index (χ3n) is 2.91. The zero-order chi connectivity index (χ0) is 14.2. The summed E-state index contributed by atoms with van der Waals surface area (Å²) in [7, 11) is 0. The summed E-state index contributed by atoms with van der Waals surface area (Å²) in [4.78, 5) is 13.4. The van der Waals surface area contributed by atoms with Gasteiger partial charge in [0.2, 0.25) is 0 Å². The molecule has 102 valence electrons. The Morgan fingerprint density at radius 3 is 2.79 bits per heavy atom. The number of nitrogens with one attached hydrogen (secondary N) is 2. The third kappa shape index (κ3) is 2.78. The van der Waals surface area contributed by atoms with E-state index in [0.717, 1.165) is 5.56 Å². The highest BCUT2D eigenvalue weighted by Crippen LogP contribution is 2.29. The van der Waals surface area contributed by atoms with Gasteiger partial charge in [-0.2, -0.15) is 0 Å². The number of benzene rings is 1. The molecule has 1 aliphatic rings. The lowest BCUT2D eigenvalue weighted by molar-refractivity contribution is 0.198. The van der Waals surface area contributed by atoms with Gasteiger partial charge in [-0.05, 0) is 39.5 Å². The molecule has 2 amide bonds. The maximum Gasteiger partial charge on any atom is 0.323 e. The van der Waals surface area contributed by atoms with E-state index in [-0.39, 0.29) is 17.7 Å². The number of rotatable bonds is 3. The monoisotopic (exact) mass is 327 g/mol. The molecule has 0 saturated carbocycles. The van der Waals surface area contributed by atoms with Crippen LogP contribution in [0.3, 0.4) is 0 Å². The van der Waals surface area contributed by atoms with Crippen LogP contribution in [0, 0.1) is 17.1 Å². The van der Waals surface area contributed by atoms with Gasteiger partial charge in [-0.25, -0.2) is 9.18 Å². The van der Waals surface area contributed by atoms with E-state index in [1.54, 1.807) is 17.0 Å². The number of hydrogen-bond donors (Lipinski definition) is 2. The molecule has 0 spiro atoms. The van der Waals surface area contributed by atoms with Crippen molar-refractivity contribution in [2.75, 3.05) is 6.54 Å². The minimum atomic E-state index is -0.466. The van der Waals surface area contributed by atoms with E-state index in [4.69, 9.17) is 5.41 Å². The van der Waals surface area contributed by atoms with E-state index >= 15 is 0 Å². The quantitative estimate of drug-likeness (QED) is 0.879. The molecule has 0 aromatic heterocycles. The van der Waals surface area contributed by atoms with E-state index in [2.05, 4.69) is 21.2 Å². The summed E-state index contributed by atoms with van der Waals surface area (Å²) < 4.78 is 13.6. The maximum absolute atomic E-state index is 13.3. The van der Waals surface area contributed by atoms with Crippen molar-refractivity contribution in [2.45, 2.75) is 19.9 Å². The summed E-state index contributed by atoms with van der Waals surface area (Å²) in [5.41, 5.74) is 0.720. The Hall–Kier alpha value is -1.43. The minimum absolute atomic E-state index is 0.129. The summed E-state index contributed by atoms with van der Waals surface area (Å²) >= 11 is 3.13. The van der Waals surface area contributed by atoms with Crippen molar-refractivity contribution in [3.8, 4) is 0 Å². The zero-order valence-electron chi connectivity index (χ0n) is 10.7. The van der Waals surface area contributed by atoms with E-state index in [0.29, 0.717) is 16.9 Å². The van der Waals surface area contributed by atoms with Crippen LogP contribution in [-0.2, 0) is 0 Å². The van der Waals surface area contributed by atoms with Crippen molar-refractivity contribution in [3.05, 3.63) is 34.1 Å². The van der Waals surface area contributed by atoms with Crippen LogP contribution in [0.2, 0.25) is 0 Å². The number of carbonyl (C=O) groups excluding carboxylic acids is 1. The van der Waals surface area contributed by atoms with Crippen LogP contribution >= 0.6 is 15.9 Å². The molecule has 1 aromatic rings. The smallest absolute Gasteiger partial charge is 0.310 e. The van der Waals surface area contributed by atoms with E-state index in [1.165, 1.54) is 6.07 Å². The molecule has 6 heteroatoms. The Balaban J connectivity index is 2.36. The molecule has 2 rings (SSSR count). The largest absolute Gasteiger partial charge is 0.323 e. The molecule has 1 fully saturated rings. The fourth-order valence-corrected chi connectivity index (χ4v) is 2.54. The highest BCUT2D eigenvalue weighted by atomic mass is 79.9. The van der Waals surface area contributed by atoms with Crippen LogP contribution in [0.25, 0.3) is 0 Å². The summed E-state index contributed by atoms with van der Waals surface area (Å²) in [5, 5.41) is 10.4. The van der Waals surface area contributed by atoms with Crippen LogP contribution < -0.4 is 5.32 Å². The predicted molar refractivity (Wildman–Crippen MR) is 74.6 cm³/mol. The summed E-state index contributed by atoms with van der Waals surface area (Å²) in [5.74, 6) is 0.0650. The first-order chi connectivity index (χ1) is 8.90. The standard InChI is InChI=1S/C13H15BrFN3O/c1-7(2)6-18-11(12(16)17-13(18)19)8-3-4-10(15)9(14)5-8/h3-5,7,11H,6H2,1-2H3,(H2,16,17,19). The van der Waals surface area contributed by atoms with Crippen LogP contribution in [-0.4, -0.2) is 23.3 Å². The van der Waals surface area contributed by atoms with Crippen LogP contribution in [0.15, 0.2) is 22.7 Å². The summed E-state index contributed by atoms with van der Waals surface area (Å²) in [6.45, 7) is 4.56. The topological polar surface area (TPSA) is 56.2 Å².